The van der Waals surface area contributed by atoms with Crippen molar-refractivity contribution in [1.29, 1.82) is 0 Å². The Kier molecular flexibility index (Phi) is 3.64. The van der Waals surface area contributed by atoms with Crippen molar-refractivity contribution in [2.45, 2.75) is 33.2 Å². The van der Waals surface area contributed by atoms with E-state index >= 15 is 0 Å². The van der Waals surface area contributed by atoms with Crippen LogP contribution in [0, 0.1) is 0 Å². The average molecular weight is 284 g/mol. The molecule has 1 N–H and O–H groups in total. The van der Waals surface area contributed by atoms with Gasteiger partial charge in [0.15, 0.2) is 11.5 Å². The molecule has 0 fully saturated rings. The molecule has 0 spiro atoms. The highest BCUT2D eigenvalue weighted by atomic mass is 16.3. The van der Waals surface area contributed by atoms with Crippen molar-refractivity contribution in [3.05, 3.63) is 41.5 Å². The summed E-state index contributed by atoms with van der Waals surface area (Å²) in [7, 11) is 1.95. The third-order valence-corrected chi connectivity index (χ3v) is 3.54. The van der Waals surface area contributed by atoms with Crippen molar-refractivity contribution in [1.82, 2.24) is 14.8 Å². The van der Waals surface area contributed by atoms with Crippen LogP contribution in [0.3, 0.4) is 0 Å². The van der Waals surface area contributed by atoms with Crippen LogP contribution in [0.25, 0.3) is 11.1 Å². The maximum atomic E-state index is 5.62. The SMILES string of the molecule is CCc1nc2cc(NCc3cn(C)nc3CC)ccc2o1. The highest BCUT2D eigenvalue weighted by Gasteiger charge is 2.07. The van der Waals surface area contributed by atoms with Crippen molar-refractivity contribution in [2.24, 2.45) is 7.05 Å². The summed E-state index contributed by atoms with van der Waals surface area (Å²) in [6, 6.07) is 6.02. The number of oxazole rings is 1. The number of aryl methyl sites for hydroxylation is 3. The van der Waals surface area contributed by atoms with Gasteiger partial charge in [0.2, 0.25) is 0 Å². The van der Waals surface area contributed by atoms with E-state index in [0.717, 1.165) is 47.8 Å². The number of hydrogen-bond donors (Lipinski definition) is 1. The Balaban J connectivity index is 1.78. The molecule has 0 atom stereocenters. The summed E-state index contributed by atoms with van der Waals surface area (Å²) in [6.45, 7) is 4.93. The summed E-state index contributed by atoms with van der Waals surface area (Å²) < 4.78 is 7.49. The van der Waals surface area contributed by atoms with Gasteiger partial charge in [0.25, 0.3) is 0 Å². The van der Waals surface area contributed by atoms with Crippen LogP contribution in [0.2, 0.25) is 0 Å². The molecule has 0 aliphatic rings. The molecule has 5 heteroatoms. The Morgan fingerprint density at radius 2 is 2.10 bits per heavy atom. The second kappa shape index (κ2) is 5.60. The van der Waals surface area contributed by atoms with Gasteiger partial charge in [0, 0.05) is 37.5 Å². The van der Waals surface area contributed by atoms with Crippen LogP contribution in [0.5, 0.6) is 0 Å². The van der Waals surface area contributed by atoms with Crippen molar-refractivity contribution < 1.29 is 4.42 Å². The molecule has 110 valence electrons. The fourth-order valence-corrected chi connectivity index (χ4v) is 2.46. The first-order valence-electron chi connectivity index (χ1n) is 7.34. The van der Waals surface area contributed by atoms with E-state index in [4.69, 9.17) is 4.42 Å². The Bertz CT molecular complexity index is 757. The molecule has 2 heterocycles. The summed E-state index contributed by atoms with van der Waals surface area (Å²) in [5.74, 6) is 0.780. The van der Waals surface area contributed by atoms with E-state index in [9.17, 15) is 0 Å². The number of nitrogens with zero attached hydrogens (tertiary/aromatic N) is 3. The maximum Gasteiger partial charge on any atom is 0.195 e. The van der Waals surface area contributed by atoms with Crippen LogP contribution < -0.4 is 5.32 Å². The van der Waals surface area contributed by atoms with Crippen LogP contribution >= 0.6 is 0 Å². The van der Waals surface area contributed by atoms with Crippen molar-refractivity contribution in [3.63, 3.8) is 0 Å². The molecule has 0 saturated heterocycles. The summed E-state index contributed by atoms with van der Waals surface area (Å²) in [4.78, 5) is 4.46. The van der Waals surface area contributed by atoms with E-state index in [1.54, 1.807) is 0 Å². The molecule has 3 rings (SSSR count). The third kappa shape index (κ3) is 2.77. The molecule has 0 amide bonds. The minimum absolute atomic E-state index is 0.765. The van der Waals surface area contributed by atoms with Crippen LogP contribution in [0.1, 0.15) is 31.0 Å². The zero-order valence-corrected chi connectivity index (χ0v) is 12.7. The molecule has 0 radical (unpaired) electrons. The fraction of sp³-hybridized carbons (Fsp3) is 0.375. The van der Waals surface area contributed by atoms with Crippen LogP contribution in [0.15, 0.2) is 28.8 Å². The summed E-state index contributed by atoms with van der Waals surface area (Å²) in [6.07, 6.45) is 3.82. The predicted molar refractivity (Wildman–Crippen MR) is 83.3 cm³/mol. The van der Waals surface area contributed by atoms with Crippen molar-refractivity contribution in [3.8, 4) is 0 Å². The molecule has 5 nitrogen and oxygen atoms in total. The number of rotatable bonds is 5. The quantitative estimate of drug-likeness (QED) is 0.781. The van der Waals surface area contributed by atoms with E-state index in [1.165, 1.54) is 5.56 Å². The zero-order chi connectivity index (χ0) is 14.8. The molecular weight excluding hydrogens is 264 g/mol. The van der Waals surface area contributed by atoms with Gasteiger partial charge in [-0.3, -0.25) is 4.68 Å². The molecule has 0 bridgehead atoms. The Morgan fingerprint density at radius 3 is 2.86 bits per heavy atom. The first kappa shape index (κ1) is 13.7. The normalized spacial score (nSPS) is 11.2. The molecule has 0 unspecified atom stereocenters. The highest BCUT2D eigenvalue weighted by Crippen LogP contribution is 2.21. The number of anilines is 1. The third-order valence-electron chi connectivity index (χ3n) is 3.54. The first-order chi connectivity index (χ1) is 10.2. The fourth-order valence-electron chi connectivity index (χ4n) is 2.46. The van der Waals surface area contributed by atoms with Gasteiger partial charge in [-0.1, -0.05) is 13.8 Å². The molecule has 3 aromatic rings. The number of hydrogen-bond acceptors (Lipinski definition) is 4. The second-order valence-electron chi connectivity index (χ2n) is 5.13. The largest absolute Gasteiger partial charge is 0.441 e. The van der Waals surface area contributed by atoms with Gasteiger partial charge in [0.1, 0.15) is 5.52 Å². The first-order valence-corrected chi connectivity index (χ1v) is 7.34. The minimum atomic E-state index is 0.765. The van der Waals surface area contributed by atoms with Crippen molar-refractivity contribution in [2.75, 3.05) is 5.32 Å². The van der Waals surface area contributed by atoms with Gasteiger partial charge >= 0.3 is 0 Å². The lowest BCUT2D eigenvalue weighted by Crippen LogP contribution is -2.00. The monoisotopic (exact) mass is 284 g/mol. The molecule has 21 heavy (non-hydrogen) atoms. The number of fused-ring (bicyclic) bond motifs is 1. The van der Waals surface area contributed by atoms with Gasteiger partial charge in [-0.25, -0.2) is 4.98 Å². The lowest BCUT2D eigenvalue weighted by molar-refractivity contribution is 0.538. The van der Waals surface area contributed by atoms with E-state index in [0.29, 0.717) is 0 Å². The Morgan fingerprint density at radius 1 is 1.24 bits per heavy atom. The predicted octanol–water partition coefficient (Wildman–Crippen LogP) is 3.30. The summed E-state index contributed by atoms with van der Waals surface area (Å²) in [5, 5.41) is 7.89. The minimum Gasteiger partial charge on any atom is -0.441 e. The average Bonchev–Trinajstić information content (AvgIpc) is 3.06. The maximum absolute atomic E-state index is 5.62. The molecule has 0 aliphatic heterocycles. The number of nitrogens with one attached hydrogen (secondary N) is 1. The zero-order valence-electron chi connectivity index (χ0n) is 12.7. The van der Waals surface area contributed by atoms with E-state index in [1.807, 2.05) is 36.9 Å². The Hall–Kier alpha value is -2.30. The molecular formula is C16H20N4O. The summed E-state index contributed by atoms with van der Waals surface area (Å²) in [5.41, 5.74) is 5.16. The molecule has 2 aromatic heterocycles. The van der Waals surface area contributed by atoms with Gasteiger partial charge in [0.05, 0.1) is 5.69 Å². The topological polar surface area (TPSA) is 55.9 Å². The molecule has 0 saturated carbocycles. The van der Waals surface area contributed by atoms with Gasteiger partial charge < -0.3 is 9.73 Å². The van der Waals surface area contributed by atoms with E-state index < -0.39 is 0 Å². The van der Waals surface area contributed by atoms with Crippen LogP contribution in [-0.4, -0.2) is 14.8 Å². The Labute approximate surface area is 124 Å². The van der Waals surface area contributed by atoms with Gasteiger partial charge in [-0.2, -0.15) is 5.10 Å². The van der Waals surface area contributed by atoms with Gasteiger partial charge in [-0.15, -0.1) is 0 Å². The molecule has 1 aromatic carbocycles. The smallest absolute Gasteiger partial charge is 0.195 e. The van der Waals surface area contributed by atoms with E-state index in [2.05, 4.69) is 28.5 Å². The number of benzene rings is 1. The highest BCUT2D eigenvalue weighted by molar-refractivity contribution is 5.77. The lowest BCUT2D eigenvalue weighted by Gasteiger charge is -2.05. The standard InChI is InChI=1S/C16H20N4O/c1-4-13-11(10-20(3)19-13)9-17-12-6-7-15-14(8-12)18-16(5-2)21-15/h6-8,10,17H,4-5,9H2,1-3H3. The van der Waals surface area contributed by atoms with Crippen LogP contribution in [0.4, 0.5) is 5.69 Å². The lowest BCUT2D eigenvalue weighted by atomic mass is 10.2. The molecule has 0 aliphatic carbocycles. The van der Waals surface area contributed by atoms with Gasteiger partial charge in [-0.05, 0) is 24.6 Å². The van der Waals surface area contributed by atoms with Crippen LogP contribution in [-0.2, 0) is 26.4 Å². The second-order valence-corrected chi connectivity index (χ2v) is 5.13. The summed E-state index contributed by atoms with van der Waals surface area (Å²) >= 11 is 0. The van der Waals surface area contributed by atoms with Crippen molar-refractivity contribution >= 4 is 16.8 Å². The number of aromatic nitrogens is 3. The van der Waals surface area contributed by atoms with E-state index in [-0.39, 0.29) is 0 Å².